The van der Waals surface area contributed by atoms with Gasteiger partial charge in [0.1, 0.15) is 0 Å². The fourth-order valence-electron chi connectivity index (χ4n) is 2.25. The van der Waals surface area contributed by atoms with E-state index in [0.29, 0.717) is 0 Å². The van der Waals surface area contributed by atoms with Crippen molar-refractivity contribution in [2.24, 2.45) is 0 Å². The van der Waals surface area contributed by atoms with E-state index in [1.165, 1.54) is 18.9 Å². The Bertz CT molecular complexity index is 337. The van der Waals surface area contributed by atoms with Gasteiger partial charge in [0.05, 0.1) is 11.2 Å². The zero-order valence-electron chi connectivity index (χ0n) is 15.0. The first-order valence-electron chi connectivity index (χ1n) is 8.26. The number of hydrogen-bond donors (Lipinski definition) is 0. The van der Waals surface area contributed by atoms with Crippen LogP contribution in [-0.4, -0.2) is 33.2 Å². The molecule has 1 saturated heterocycles. The first kappa shape index (κ1) is 18.9. The molecule has 0 unspecified atom stereocenters. The van der Waals surface area contributed by atoms with Crippen molar-refractivity contribution >= 4 is 15.4 Å². The molecule has 0 radical (unpaired) electrons. The Morgan fingerprint density at radius 1 is 1.10 bits per heavy atom. The molecule has 5 heteroatoms. The Hall–Kier alpha value is -0.0982. The molecule has 1 aliphatic heterocycles. The molecule has 1 aliphatic rings. The van der Waals surface area contributed by atoms with Crippen LogP contribution in [0.25, 0.3) is 0 Å². The molecule has 122 valence electrons. The highest BCUT2D eigenvalue weighted by molar-refractivity contribution is 6.71. The van der Waals surface area contributed by atoms with E-state index in [2.05, 4.69) is 53.8 Å². The van der Waals surface area contributed by atoms with Gasteiger partial charge in [0, 0.05) is 6.61 Å². The zero-order chi connectivity index (χ0) is 16.1. The first-order valence-corrected chi connectivity index (χ1v) is 11.4. The van der Waals surface area contributed by atoms with Crippen LogP contribution in [0.4, 0.5) is 0 Å². The molecule has 0 amide bonds. The van der Waals surface area contributed by atoms with Crippen molar-refractivity contribution in [3.8, 4) is 0 Å². The van der Waals surface area contributed by atoms with Crippen molar-refractivity contribution in [3.63, 3.8) is 0 Å². The Balaban J connectivity index is 2.28. The molecule has 21 heavy (non-hydrogen) atoms. The molecular formula is C16H33BO3Si. The Morgan fingerprint density at radius 2 is 1.67 bits per heavy atom. The van der Waals surface area contributed by atoms with Crippen LogP contribution in [0.15, 0.2) is 12.1 Å². The Morgan fingerprint density at radius 3 is 2.19 bits per heavy atom. The lowest BCUT2D eigenvalue weighted by Gasteiger charge is -2.32. The summed E-state index contributed by atoms with van der Waals surface area (Å²) >= 11 is 0. The van der Waals surface area contributed by atoms with Gasteiger partial charge in [0.25, 0.3) is 0 Å². The standard InChI is InChI=1S/C16H33BO3Si/c1-8-9-14-21(6,7)18-13-11-10-12-17-19-15(2,3)16(4,5)20-17/h10,12H,8-9,11,13-14H2,1-7H3. The van der Waals surface area contributed by atoms with Crippen molar-refractivity contribution in [3.05, 3.63) is 12.1 Å². The van der Waals surface area contributed by atoms with Crippen LogP contribution in [0.5, 0.6) is 0 Å². The molecule has 0 atom stereocenters. The van der Waals surface area contributed by atoms with Crippen LogP contribution in [0.3, 0.4) is 0 Å². The van der Waals surface area contributed by atoms with Gasteiger partial charge in [0.15, 0.2) is 8.32 Å². The fourth-order valence-corrected chi connectivity index (χ4v) is 4.27. The van der Waals surface area contributed by atoms with Crippen LogP contribution < -0.4 is 0 Å². The van der Waals surface area contributed by atoms with Crippen LogP contribution in [0.1, 0.15) is 53.9 Å². The summed E-state index contributed by atoms with van der Waals surface area (Å²) < 4.78 is 17.9. The molecule has 0 aliphatic carbocycles. The molecule has 0 bridgehead atoms. The Kier molecular flexibility index (Phi) is 6.72. The van der Waals surface area contributed by atoms with E-state index in [4.69, 9.17) is 13.7 Å². The highest BCUT2D eigenvalue weighted by Gasteiger charge is 2.49. The van der Waals surface area contributed by atoms with E-state index in [0.717, 1.165) is 13.0 Å². The summed E-state index contributed by atoms with van der Waals surface area (Å²) in [5.74, 6) is 2.01. The molecule has 0 aromatic carbocycles. The normalized spacial score (nSPS) is 21.4. The van der Waals surface area contributed by atoms with E-state index >= 15 is 0 Å². The summed E-state index contributed by atoms with van der Waals surface area (Å²) in [6, 6.07) is 1.25. The molecule has 1 rings (SSSR count). The SMILES string of the molecule is CCCC[Si](C)(C)OCCC=CB1OC(C)(C)C(C)(C)O1. The lowest BCUT2D eigenvalue weighted by Crippen LogP contribution is -2.41. The molecule has 0 spiro atoms. The minimum absolute atomic E-state index is 0.236. The van der Waals surface area contributed by atoms with Crippen molar-refractivity contribution < 1.29 is 13.7 Å². The van der Waals surface area contributed by atoms with E-state index in [1.54, 1.807) is 0 Å². The molecule has 1 heterocycles. The smallest absolute Gasteiger partial charge is 0.417 e. The maximum Gasteiger partial charge on any atom is 0.486 e. The lowest BCUT2D eigenvalue weighted by molar-refractivity contribution is 0.00578. The summed E-state index contributed by atoms with van der Waals surface area (Å²) in [7, 11) is -1.68. The second kappa shape index (κ2) is 7.45. The molecule has 0 aromatic rings. The van der Waals surface area contributed by atoms with Crippen molar-refractivity contribution in [1.29, 1.82) is 0 Å². The Labute approximate surface area is 132 Å². The molecule has 3 nitrogen and oxygen atoms in total. The average Bonchev–Trinajstić information content (AvgIpc) is 2.55. The summed E-state index contributed by atoms with van der Waals surface area (Å²) in [4.78, 5) is 0. The van der Waals surface area contributed by atoms with Gasteiger partial charge in [-0.3, -0.25) is 0 Å². The van der Waals surface area contributed by atoms with Gasteiger partial charge >= 0.3 is 7.12 Å². The van der Waals surface area contributed by atoms with Crippen LogP contribution in [0.2, 0.25) is 19.1 Å². The number of rotatable bonds is 8. The van der Waals surface area contributed by atoms with Gasteiger partial charge in [-0.1, -0.05) is 31.8 Å². The quantitative estimate of drug-likeness (QED) is 0.485. The van der Waals surface area contributed by atoms with Gasteiger partial charge in [-0.2, -0.15) is 0 Å². The van der Waals surface area contributed by atoms with Crippen molar-refractivity contribution in [2.75, 3.05) is 6.61 Å². The van der Waals surface area contributed by atoms with Crippen molar-refractivity contribution in [2.45, 2.75) is 84.2 Å². The van der Waals surface area contributed by atoms with E-state index in [9.17, 15) is 0 Å². The van der Waals surface area contributed by atoms with Crippen LogP contribution >= 0.6 is 0 Å². The van der Waals surface area contributed by atoms with Crippen LogP contribution in [0, 0.1) is 0 Å². The third kappa shape index (κ3) is 5.89. The maximum absolute atomic E-state index is 6.08. The van der Waals surface area contributed by atoms with Gasteiger partial charge < -0.3 is 13.7 Å². The largest absolute Gasteiger partial charge is 0.486 e. The zero-order valence-corrected chi connectivity index (χ0v) is 16.0. The monoisotopic (exact) mass is 312 g/mol. The summed E-state index contributed by atoms with van der Waals surface area (Å²) in [5, 5.41) is 0. The average molecular weight is 312 g/mol. The van der Waals surface area contributed by atoms with Crippen LogP contribution in [-0.2, 0) is 13.7 Å². The van der Waals surface area contributed by atoms with E-state index < -0.39 is 8.32 Å². The molecule has 0 aromatic heterocycles. The minimum Gasteiger partial charge on any atom is -0.417 e. The maximum atomic E-state index is 6.08. The summed E-state index contributed by atoms with van der Waals surface area (Å²) in [5.41, 5.74) is -0.513. The molecule has 0 saturated carbocycles. The number of unbranched alkanes of at least 4 members (excludes halogenated alkanes) is 1. The van der Waals surface area contributed by atoms with Crippen molar-refractivity contribution in [1.82, 2.24) is 0 Å². The molecule has 0 N–H and O–H groups in total. The summed E-state index contributed by atoms with van der Waals surface area (Å²) in [6.45, 7) is 16.0. The van der Waals surface area contributed by atoms with E-state index in [1.807, 2.05) is 5.98 Å². The molecule has 1 fully saturated rings. The second-order valence-electron chi connectivity index (χ2n) is 7.55. The highest BCUT2D eigenvalue weighted by atomic mass is 28.4. The highest BCUT2D eigenvalue weighted by Crippen LogP contribution is 2.36. The van der Waals surface area contributed by atoms with E-state index in [-0.39, 0.29) is 18.3 Å². The predicted octanol–water partition coefficient (Wildman–Crippen LogP) is 4.59. The van der Waals surface area contributed by atoms with Gasteiger partial charge in [-0.25, -0.2) is 0 Å². The second-order valence-corrected chi connectivity index (χ2v) is 11.9. The lowest BCUT2D eigenvalue weighted by atomic mass is 9.90. The van der Waals surface area contributed by atoms with Gasteiger partial charge in [0.2, 0.25) is 0 Å². The molecular weight excluding hydrogens is 279 g/mol. The number of hydrogen-bond acceptors (Lipinski definition) is 3. The minimum atomic E-state index is -1.45. The third-order valence-electron chi connectivity index (χ3n) is 4.47. The fraction of sp³-hybridized carbons (Fsp3) is 0.875. The topological polar surface area (TPSA) is 27.7 Å². The third-order valence-corrected chi connectivity index (χ3v) is 7.02. The summed E-state index contributed by atoms with van der Waals surface area (Å²) in [6.07, 6.45) is 5.57. The predicted molar refractivity (Wildman–Crippen MR) is 93.0 cm³/mol. The van der Waals surface area contributed by atoms with Gasteiger partial charge in [-0.15, -0.1) is 0 Å². The van der Waals surface area contributed by atoms with Gasteiger partial charge in [-0.05, 0) is 53.3 Å². The first-order chi connectivity index (χ1) is 9.60.